The van der Waals surface area contributed by atoms with Crippen molar-refractivity contribution < 1.29 is 5.03 Å². The number of rotatable bonds is 1. The Morgan fingerprint density at radius 1 is 1.58 bits per heavy atom. The molecule has 0 fully saturated rings. The molecule has 0 atom stereocenters. The minimum absolute atomic E-state index is 0.117. The fourth-order valence-electron chi connectivity index (χ4n) is 0.675. The first-order valence-corrected chi connectivity index (χ1v) is 2.99. The highest BCUT2D eigenvalue weighted by Gasteiger charge is 2.07. The number of H-pyrrole nitrogens is 1. The molecule has 1 N–H and O–H groups in total. The first-order chi connectivity index (χ1) is 5.52. The summed E-state index contributed by atoms with van der Waals surface area (Å²) in [5, 5.41) is 9.22. The molecule has 0 aliphatic heterocycles. The zero-order valence-electron chi connectivity index (χ0n) is 6.10. The molecule has 0 saturated heterocycles. The van der Waals surface area contributed by atoms with Gasteiger partial charge in [0.15, 0.2) is 5.03 Å². The van der Waals surface area contributed by atoms with Crippen LogP contribution in [0.1, 0.15) is 5.56 Å². The first kappa shape index (κ1) is 8.18. The van der Waals surface area contributed by atoms with Gasteiger partial charge in [-0.15, -0.1) is 0 Å². The van der Waals surface area contributed by atoms with Crippen molar-refractivity contribution in [3.05, 3.63) is 42.7 Å². The number of aromatic amines is 1. The van der Waals surface area contributed by atoms with Gasteiger partial charge in [0.05, 0.1) is 6.20 Å². The number of aryl methyl sites for hydroxylation is 1. The zero-order valence-corrected chi connectivity index (χ0v) is 6.10. The monoisotopic (exact) mass is 171 g/mol. The molecule has 1 aromatic rings. The van der Waals surface area contributed by atoms with Crippen LogP contribution in [0.25, 0.3) is 0 Å². The molecule has 7 heteroatoms. The Morgan fingerprint density at radius 2 is 2.17 bits per heavy atom. The van der Waals surface area contributed by atoms with E-state index in [1.165, 1.54) is 6.92 Å². The third kappa shape index (κ3) is 1.24. The fraction of sp³-hybridized carbons (Fsp3) is 0.200. The van der Waals surface area contributed by atoms with E-state index in [0.717, 1.165) is 6.20 Å². The summed E-state index contributed by atoms with van der Waals surface area (Å²) in [6.45, 7) is 1.37. The lowest BCUT2D eigenvalue weighted by Crippen LogP contribution is -2.34. The SMILES string of the molecule is Cc1cn([N+](=O)[O-])c(=O)[nH]c1=O. The standard InChI is InChI=1S/C5H5N3O4/c1-3-2-7(8(11)12)5(10)6-4(3)9/h2H,1H3,(H,6,9,10). The summed E-state index contributed by atoms with van der Waals surface area (Å²) in [6, 6.07) is 0. The van der Waals surface area contributed by atoms with Gasteiger partial charge in [0, 0.05) is 5.56 Å². The van der Waals surface area contributed by atoms with Crippen LogP contribution in [0.15, 0.2) is 15.8 Å². The number of nitrogens with zero attached hydrogens (tertiary/aromatic N) is 2. The van der Waals surface area contributed by atoms with Crippen molar-refractivity contribution in [2.24, 2.45) is 0 Å². The van der Waals surface area contributed by atoms with Crippen molar-refractivity contribution in [2.75, 3.05) is 0 Å². The average molecular weight is 171 g/mol. The lowest BCUT2D eigenvalue weighted by molar-refractivity contribution is -0.545. The Balaban J connectivity index is 3.54. The molecule has 12 heavy (non-hydrogen) atoms. The summed E-state index contributed by atoms with van der Waals surface area (Å²) >= 11 is 0. The van der Waals surface area contributed by atoms with Gasteiger partial charge in [-0.2, -0.15) is 0 Å². The number of hydrogen-bond donors (Lipinski definition) is 1. The van der Waals surface area contributed by atoms with Crippen LogP contribution in [-0.4, -0.2) is 14.7 Å². The molecule has 0 aliphatic carbocycles. The van der Waals surface area contributed by atoms with Gasteiger partial charge in [0.25, 0.3) is 5.56 Å². The smallest absolute Gasteiger partial charge is 0.269 e. The van der Waals surface area contributed by atoms with Crippen LogP contribution >= 0.6 is 0 Å². The molecular formula is C5H5N3O4. The highest BCUT2D eigenvalue weighted by molar-refractivity contribution is 4.99. The van der Waals surface area contributed by atoms with E-state index < -0.39 is 16.3 Å². The minimum Gasteiger partial charge on any atom is -0.269 e. The van der Waals surface area contributed by atoms with Crippen LogP contribution < -0.4 is 11.2 Å². The van der Waals surface area contributed by atoms with Crippen molar-refractivity contribution in [3.8, 4) is 0 Å². The van der Waals surface area contributed by atoms with E-state index in [0.29, 0.717) is 0 Å². The number of nitro groups is 1. The van der Waals surface area contributed by atoms with Crippen LogP contribution in [0, 0.1) is 17.0 Å². The largest absolute Gasteiger partial charge is 0.387 e. The molecule has 0 aromatic carbocycles. The van der Waals surface area contributed by atoms with Gasteiger partial charge >= 0.3 is 5.69 Å². The Labute approximate surface area is 65.4 Å². The van der Waals surface area contributed by atoms with Crippen molar-refractivity contribution >= 4 is 0 Å². The van der Waals surface area contributed by atoms with Gasteiger partial charge < -0.3 is 0 Å². The molecule has 0 radical (unpaired) electrons. The van der Waals surface area contributed by atoms with E-state index >= 15 is 0 Å². The third-order valence-corrected chi connectivity index (χ3v) is 1.28. The lowest BCUT2D eigenvalue weighted by atomic mass is 10.4. The molecule has 1 rings (SSSR count). The van der Waals surface area contributed by atoms with E-state index in [1.807, 2.05) is 0 Å². The summed E-state index contributed by atoms with van der Waals surface area (Å²) in [4.78, 5) is 33.4. The van der Waals surface area contributed by atoms with E-state index in [4.69, 9.17) is 0 Å². The summed E-state index contributed by atoms with van der Waals surface area (Å²) in [5.74, 6) is 0. The molecule has 0 unspecified atom stereocenters. The van der Waals surface area contributed by atoms with E-state index in [9.17, 15) is 19.7 Å². The van der Waals surface area contributed by atoms with Gasteiger partial charge in [-0.05, 0) is 11.6 Å². The highest BCUT2D eigenvalue weighted by atomic mass is 16.7. The number of hydrogen-bond acceptors (Lipinski definition) is 4. The van der Waals surface area contributed by atoms with Crippen LogP contribution in [0.4, 0.5) is 0 Å². The van der Waals surface area contributed by atoms with Crippen molar-refractivity contribution in [1.82, 2.24) is 9.66 Å². The van der Waals surface area contributed by atoms with Crippen LogP contribution in [-0.2, 0) is 0 Å². The summed E-state index contributed by atoms with van der Waals surface area (Å²) < 4.78 is 0.219. The maximum atomic E-state index is 10.7. The van der Waals surface area contributed by atoms with Gasteiger partial charge in [-0.25, -0.2) is 14.9 Å². The maximum Gasteiger partial charge on any atom is 0.387 e. The summed E-state index contributed by atoms with van der Waals surface area (Å²) in [7, 11) is 0. The molecule has 0 saturated carbocycles. The Morgan fingerprint density at radius 3 is 2.67 bits per heavy atom. The normalized spacial score (nSPS) is 9.75. The van der Waals surface area contributed by atoms with Gasteiger partial charge in [0.1, 0.15) is 0 Å². The molecule has 0 aliphatic rings. The maximum absolute atomic E-state index is 10.7. The predicted molar refractivity (Wildman–Crippen MR) is 38.5 cm³/mol. The quantitative estimate of drug-likeness (QED) is 0.427. The molecule has 0 amide bonds. The Kier molecular flexibility index (Phi) is 1.78. The second-order valence-electron chi connectivity index (χ2n) is 2.15. The topological polar surface area (TPSA) is 98.0 Å². The van der Waals surface area contributed by atoms with Crippen molar-refractivity contribution in [3.63, 3.8) is 0 Å². The fourth-order valence-corrected chi connectivity index (χ4v) is 0.675. The second-order valence-corrected chi connectivity index (χ2v) is 2.15. The van der Waals surface area contributed by atoms with Crippen molar-refractivity contribution in [1.29, 1.82) is 0 Å². The molecule has 64 valence electrons. The Hall–Kier alpha value is -1.92. The van der Waals surface area contributed by atoms with E-state index in [2.05, 4.69) is 0 Å². The van der Waals surface area contributed by atoms with Crippen molar-refractivity contribution in [2.45, 2.75) is 6.92 Å². The molecule has 0 spiro atoms. The minimum atomic E-state index is -1.05. The Bertz CT molecular complexity index is 429. The van der Waals surface area contributed by atoms with Gasteiger partial charge in [-0.1, -0.05) is 0 Å². The van der Waals surface area contributed by atoms with E-state index in [-0.39, 0.29) is 10.2 Å². The first-order valence-electron chi connectivity index (χ1n) is 2.99. The molecule has 0 bridgehead atoms. The van der Waals surface area contributed by atoms with E-state index in [1.54, 1.807) is 4.98 Å². The lowest BCUT2D eigenvalue weighted by Gasteiger charge is -1.93. The molecule has 7 nitrogen and oxygen atoms in total. The van der Waals surface area contributed by atoms with Crippen LogP contribution in [0.5, 0.6) is 0 Å². The summed E-state index contributed by atoms with van der Waals surface area (Å²) in [6.07, 6.45) is 0.876. The van der Waals surface area contributed by atoms with Crippen LogP contribution in [0.2, 0.25) is 0 Å². The number of aromatic nitrogens is 2. The molecule has 1 aromatic heterocycles. The second kappa shape index (κ2) is 2.61. The molecule has 1 heterocycles. The highest BCUT2D eigenvalue weighted by Crippen LogP contribution is 1.81. The van der Waals surface area contributed by atoms with Gasteiger partial charge in [-0.3, -0.25) is 9.78 Å². The third-order valence-electron chi connectivity index (χ3n) is 1.28. The van der Waals surface area contributed by atoms with Gasteiger partial charge in [0.2, 0.25) is 0 Å². The summed E-state index contributed by atoms with van der Waals surface area (Å²) in [5.41, 5.74) is -1.54. The molecular weight excluding hydrogens is 166 g/mol. The number of nitrogens with one attached hydrogen (secondary N) is 1. The zero-order chi connectivity index (χ0) is 9.30. The van der Waals surface area contributed by atoms with Crippen LogP contribution in [0.3, 0.4) is 0 Å². The average Bonchev–Trinajstić information content (AvgIpc) is 1.96. The predicted octanol–water partition coefficient (Wildman–Crippen LogP) is -1.12.